The van der Waals surface area contributed by atoms with Crippen LogP contribution in [0, 0.1) is 0 Å². The third kappa shape index (κ3) is 7.53. The average molecular weight is 327 g/mol. The molecule has 8 nitrogen and oxygen atoms in total. The number of imide groups is 1. The van der Waals surface area contributed by atoms with Crippen molar-refractivity contribution in [3.63, 3.8) is 0 Å². The first-order chi connectivity index (χ1) is 10.7. The molecule has 0 aliphatic carbocycles. The summed E-state index contributed by atoms with van der Waals surface area (Å²) in [5.74, 6) is -0.571. The van der Waals surface area contributed by atoms with Gasteiger partial charge in [-0.25, -0.2) is 9.59 Å². The van der Waals surface area contributed by atoms with Crippen molar-refractivity contribution in [2.24, 2.45) is 0 Å². The fraction of sp³-hybridized carbons (Fsp3) is 0.667. The summed E-state index contributed by atoms with van der Waals surface area (Å²) in [5.41, 5.74) is -0.556. The van der Waals surface area contributed by atoms with E-state index in [-0.39, 0.29) is 6.04 Å². The molecule has 0 aromatic carbocycles. The number of amides is 4. The molecular weight excluding hydrogens is 302 g/mol. The molecule has 0 saturated carbocycles. The molecule has 0 spiro atoms. The zero-order chi connectivity index (χ0) is 17.5. The Morgan fingerprint density at radius 1 is 1.30 bits per heavy atom. The third-order valence-electron chi connectivity index (χ3n) is 2.89. The lowest BCUT2D eigenvalue weighted by Crippen LogP contribution is -2.45. The summed E-state index contributed by atoms with van der Waals surface area (Å²) >= 11 is 0. The molecule has 1 rings (SSSR count). The maximum Gasteiger partial charge on any atom is 0.410 e. The third-order valence-corrected chi connectivity index (χ3v) is 2.89. The van der Waals surface area contributed by atoms with Crippen LogP contribution in [0.3, 0.4) is 0 Å². The molecule has 1 aliphatic heterocycles. The van der Waals surface area contributed by atoms with E-state index in [1.54, 1.807) is 27.7 Å². The SMILES string of the molecule is CCOC=CC(=O)NC(=O)NC1CCN(C(=O)OC(C)(C)C)C1. The number of nitrogens with zero attached hydrogens (tertiary/aromatic N) is 1. The van der Waals surface area contributed by atoms with Crippen molar-refractivity contribution >= 4 is 18.0 Å². The van der Waals surface area contributed by atoms with Crippen LogP contribution in [0.25, 0.3) is 0 Å². The molecule has 1 aliphatic rings. The van der Waals surface area contributed by atoms with Crippen LogP contribution in [0.1, 0.15) is 34.1 Å². The molecule has 0 radical (unpaired) electrons. The van der Waals surface area contributed by atoms with Crippen molar-refractivity contribution in [3.8, 4) is 0 Å². The van der Waals surface area contributed by atoms with E-state index in [4.69, 9.17) is 9.47 Å². The number of rotatable bonds is 4. The van der Waals surface area contributed by atoms with Gasteiger partial charge in [-0.05, 0) is 34.1 Å². The number of urea groups is 1. The predicted octanol–water partition coefficient (Wildman–Crippen LogP) is 1.37. The van der Waals surface area contributed by atoms with Crippen molar-refractivity contribution in [2.45, 2.75) is 45.8 Å². The number of ether oxygens (including phenoxy) is 2. The molecule has 1 fully saturated rings. The number of nitrogens with one attached hydrogen (secondary N) is 2. The monoisotopic (exact) mass is 327 g/mol. The van der Waals surface area contributed by atoms with E-state index in [1.165, 1.54) is 11.2 Å². The Labute approximate surface area is 136 Å². The molecule has 130 valence electrons. The van der Waals surface area contributed by atoms with Crippen LogP contribution >= 0.6 is 0 Å². The van der Waals surface area contributed by atoms with E-state index in [1.807, 2.05) is 0 Å². The Hall–Kier alpha value is -2.25. The highest BCUT2D eigenvalue weighted by Gasteiger charge is 2.30. The number of likely N-dealkylation sites (tertiary alicyclic amines) is 1. The Bertz CT molecular complexity index is 470. The standard InChI is InChI=1S/C15H25N3O5/c1-5-22-9-7-12(19)17-13(20)16-11-6-8-18(10-11)14(21)23-15(2,3)4/h7,9,11H,5-6,8,10H2,1-4H3,(H2,16,17,19,20). The summed E-state index contributed by atoms with van der Waals surface area (Å²) in [6, 6.07) is -0.821. The molecule has 23 heavy (non-hydrogen) atoms. The fourth-order valence-corrected chi connectivity index (χ4v) is 1.95. The summed E-state index contributed by atoms with van der Waals surface area (Å²) in [5, 5.41) is 4.81. The highest BCUT2D eigenvalue weighted by Crippen LogP contribution is 2.15. The van der Waals surface area contributed by atoms with E-state index >= 15 is 0 Å². The molecule has 0 aromatic rings. The first-order valence-corrected chi connectivity index (χ1v) is 7.59. The molecule has 4 amide bonds. The van der Waals surface area contributed by atoms with E-state index < -0.39 is 23.6 Å². The number of carbonyl (C=O) groups excluding carboxylic acids is 3. The zero-order valence-electron chi connectivity index (χ0n) is 14.0. The van der Waals surface area contributed by atoms with E-state index in [9.17, 15) is 14.4 Å². The average Bonchev–Trinajstić information content (AvgIpc) is 2.85. The molecule has 1 saturated heterocycles. The van der Waals surface area contributed by atoms with Crippen molar-refractivity contribution < 1.29 is 23.9 Å². The van der Waals surface area contributed by atoms with Crippen LogP contribution in [-0.2, 0) is 14.3 Å². The van der Waals surface area contributed by atoms with Gasteiger partial charge in [0.25, 0.3) is 5.91 Å². The van der Waals surface area contributed by atoms with Crippen LogP contribution in [0.2, 0.25) is 0 Å². The van der Waals surface area contributed by atoms with E-state index in [0.717, 1.165) is 6.08 Å². The fourth-order valence-electron chi connectivity index (χ4n) is 1.95. The summed E-state index contributed by atoms with van der Waals surface area (Å²) in [6.07, 6.45) is 2.56. The topological polar surface area (TPSA) is 97.0 Å². The van der Waals surface area contributed by atoms with Crippen molar-refractivity contribution in [2.75, 3.05) is 19.7 Å². The second-order valence-corrected chi connectivity index (χ2v) is 6.13. The zero-order valence-corrected chi connectivity index (χ0v) is 14.0. The predicted molar refractivity (Wildman–Crippen MR) is 83.7 cm³/mol. The normalized spacial score (nSPS) is 17.9. The van der Waals surface area contributed by atoms with E-state index in [2.05, 4.69) is 10.6 Å². The molecule has 1 unspecified atom stereocenters. The number of carbonyl (C=O) groups is 3. The summed E-state index contributed by atoms with van der Waals surface area (Å²) in [7, 11) is 0. The van der Waals surface area contributed by atoms with Gasteiger partial charge in [-0.3, -0.25) is 10.1 Å². The smallest absolute Gasteiger partial charge is 0.410 e. The summed E-state index contributed by atoms with van der Waals surface area (Å²) in [4.78, 5) is 36.6. The van der Waals surface area contributed by atoms with Crippen molar-refractivity contribution in [1.82, 2.24) is 15.5 Å². The quantitative estimate of drug-likeness (QED) is 0.600. The minimum atomic E-state index is -0.604. The van der Waals surface area contributed by atoms with Gasteiger partial charge in [0, 0.05) is 25.2 Å². The van der Waals surface area contributed by atoms with Gasteiger partial charge in [-0.2, -0.15) is 0 Å². The van der Waals surface area contributed by atoms with Crippen LogP contribution in [0.15, 0.2) is 12.3 Å². The maximum atomic E-state index is 11.9. The number of hydrogen-bond acceptors (Lipinski definition) is 5. The van der Waals surface area contributed by atoms with Crippen molar-refractivity contribution in [3.05, 3.63) is 12.3 Å². The molecule has 2 N–H and O–H groups in total. The first-order valence-electron chi connectivity index (χ1n) is 7.59. The largest absolute Gasteiger partial charge is 0.501 e. The van der Waals surface area contributed by atoms with Crippen LogP contribution in [0.4, 0.5) is 9.59 Å². The van der Waals surface area contributed by atoms with Crippen molar-refractivity contribution in [1.29, 1.82) is 0 Å². The van der Waals surface area contributed by atoms with Gasteiger partial charge in [0.1, 0.15) is 5.60 Å². The highest BCUT2D eigenvalue weighted by atomic mass is 16.6. The van der Waals surface area contributed by atoms with Crippen LogP contribution < -0.4 is 10.6 Å². The minimum Gasteiger partial charge on any atom is -0.501 e. The van der Waals surface area contributed by atoms with E-state index in [0.29, 0.717) is 26.1 Å². The lowest BCUT2D eigenvalue weighted by atomic mass is 10.2. The lowest BCUT2D eigenvalue weighted by Gasteiger charge is -2.24. The Balaban J connectivity index is 2.35. The Kier molecular flexibility index (Phi) is 6.87. The molecular formula is C15H25N3O5. The van der Waals surface area contributed by atoms with Gasteiger partial charge < -0.3 is 19.7 Å². The van der Waals surface area contributed by atoms with Gasteiger partial charge in [0.05, 0.1) is 12.9 Å². The molecule has 1 atom stereocenters. The molecule has 0 bridgehead atoms. The summed E-state index contributed by atoms with van der Waals surface area (Å²) < 4.78 is 10.1. The summed E-state index contributed by atoms with van der Waals surface area (Å²) in [6.45, 7) is 8.47. The second kappa shape index (κ2) is 8.40. The van der Waals surface area contributed by atoms with Gasteiger partial charge in [0.15, 0.2) is 0 Å². The lowest BCUT2D eigenvalue weighted by molar-refractivity contribution is -0.115. The van der Waals surface area contributed by atoms with Gasteiger partial charge in [0.2, 0.25) is 0 Å². The number of hydrogen-bond donors (Lipinski definition) is 2. The highest BCUT2D eigenvalue weighted by molar-refractivity contribution is 6.00. The Morgan fingerprint density at radius 3 is 2.61 bits per heavy atom. The Morgan fingerprint density at radius 2 is 2.00 bits per heavy atom. The first kappa shape index (κ1) is 18.8. The van der Waals surface area contributed by atoms with Crippen LogP contribution in [-0.4, -0.2) is 54.3 Å². The van der Waals surface area contributed by atoms with Gasteiger partial charge >= 0.3 is 12.1 Å². The van der Waals surface area contributed by atoms with Gasteiger partial charge in [-0.1, -0.05) is 0 Å². The molecule has 0 aromatic heterocycles. The minimum absolute atomic E-state index is 0.216. The molecule has 8 heteroatoms. The maximum absolute atomic E-state index is 11.9. The second-order valence-electron chi connectivity index (χ2n) is 6.13. The molecule has 1 heterocycles. The van der Waals surface area contributed by atoms with Gasteiger partial charge in [-0.15, -0.1) is 0 Å². The van der Waals surface area contributed by atoms with Crippen LogP contribution in [0.5, 0.6) is 0 Å².